The van der Waals surface area contributed by atoms with Crippen LogP contribution in [0.4, 0.5) is 0 Å². The van der Waals surface area contributed by atoms with Gasteiger partial charge in [-0.15, -0.1) is 6.58 Å². The van der Waals surface area contributed by atoms with Gasteiger partial charge in [-0.2, -0.15) is 0 Å². The number of hydrogen-bond acceptors (Lipinski definition) is 6. The van der Waals surface area contributed by atoms with E-state index in [4.69, 9.17) is 24.0 Å². The monoisotopic (exact) mass is 476 g/mol. The van der Waals surface area contributed by atoms with Gasteiger partial charge in [-0.1, -0.05) is 12.7 Å². The van der Waals surface area contributed by atoms with Gasteiger partial charge in [-0.25, -0.2) is 14.6 Å². The second kappa shape index (κ2) is 12.7. The van der Waals surface area contributed by atoms with Crippen molar-refractivity contribution < 1.29 is 28.8 Å². The second-order valence-electron chi connectivity index (χ2n) is 10.8. The summed E-state index contributed by atoms with van der Waals surface area (Å²) in [5.41, 5.74) is -0.131. The minimum atomic E-state index is -0.355. The number of esters is 1. The first-order valence-corrected chi connectivity index (χ1v) is 13.6. The summed E-state index contributed by atoms with van der Waals surface area (Å²) in [6, 6.07) is 0. The summed E-state index contributed by atoms with van der Waals surface area (Å²) < 4.78 is 17.4. The number of carbonyl (C=O) groups is 1. The van der Waals surface area contributed by atoms with E-state index in [1.807, 2.05) is 0 Å². The van der Waals surface area contributed by atoms with Gasteiger partial charge in [0, 0.05) is 18.9 Å². The lowest BCUT2D eigenvalue weighted by Crippen LogP contribution is -2.45. The zero-order valence-electron chi connectivity index (χ0n) is 20.8. The molecule has 3 saturated carbocycles. The van der Waals surface area contributed by atoms with Crippen LogP contribution in [0.5, 0.6) is 0 Å². The molecule has 6 heteroatoms. The molecule has 1 heterocycles. The largest absolute Gasteiger partial charge is 0.462 e. The SMILES string of the molecule is C=CCOOC1CCOC12CCC(C1CCC3CC(OCCCOC(=O)C=C)CCC3C1)CC2. The van der Waals surface area contributed by atoms with E-state index in [9.17, 15) is 4.79 Å². The first-order valence-electron chi connectivity index (χ1n) is 13.6. The fraction of sp³-hybridized carbons (Fsp3) is 0.821. The average Bonchev–Trinajstić information content (AvgIpc) is 3.25. The molecule has 1 saturated heterocycles. The topological polar surface area (TPSA) is 63.2 Å². The lowest BCUT2D eigenvalue weighted by atomic mass is 9.61. The van der Waals surface area contributed by atoms with Crippen molar-refractivity contribution in [1.29, 1.82) is 0 Å². The van der Waals surface area contributed by atoms with Gasteiger partial charge >= 0.3 is 5.97 Å². The number of carbonyl (C=O) groups excluding carboxylic acids is 1. The van der Waals surface area contributed by atoms with E-state index >= 15 is 0 Å². The van der Waals surface area contributed by atoms with Crippen LogP contribution in [0, 0.1) is 23.7 Å². The van der Waals surface area contributed by atoms with Crippen molar-refractivity contribution in [1.82, 2.24) is 0 Å². The normalized spacial score (nSPS) is 37.8. The lowest BCUT2D eigenvalue weighted by Gasteiger charge is -2.47. The molecule has 6 nitrogen and oxygen atoms in total. The predicted octanol–water partition coefficient (Wildman–Crippen LogP) is 5.56. The molecule has 3 aliphatic carbocycles. The zero-order valence-corrected chi connectivity index (χ0v) is 20.8. The molecule has 192 valence electrons. The quantitative estimate of drug-likeness (QED) is 0.0972. The van der Waals surface area contributed by atoms with Crippen LogP contribution in [0.1, 0.15) is 77.0 Å². The smallest absolute Gasteiger partial charge is 0.330 e. The zero-order chi connectivity index (χ0) is 23.8. The van der Waals surface area contributed by atoms with Crippen molar-refractivity contribution in [3.8, 4) is 0 Å². The van der Waals surface area contributed by atoms with Gasteiger partial charge in [0.15, 0.2) is 0 Å². The van der Waals surface area contributed by atoms with Crippen molar-refractivity contribution in [3.63, 3.8) is 0 Å². The number of fused-ring (bicyclic) bond motifs is 1. The van der Waals surface area contributed by atoms with Crippen LogP contribution < -0.4 is 0 Å². The van der Waals surface area contributed by atoms with Crippen LogP contribution in [-0.2, 0) is 28.8 Å². The van der Waals surface area contributed by atoms with Gasteiger partial charge in [0.2, 0.25) is 0 Å². The van der Waals surface area contributed by atoms with Gasteiger partial charge in [0.05, 0.1) is 31.5 Å². The average molecular weight is 477 g/mol. The summed E-state index contributed by atoms with van der Waals surface area (Å²) in [6.07, 6.45) is 17.6. The minimum Gasteiger partial charge on any atom is -0.462 e. The van der Waals surface area contributed by atoms with E-state index in [1.165, 1.54) is 57.4 Å². The molecule has 4 aliphatic rings. The number of ether oxygens (including phenoxy) is 3. The first kappa shape index (κ1) is 25.9. The van der Waals surface area contributed by atoms with E-state index in [0.717, 1.165) is 56.0 Å². The molecule has 0 radical (unpaired) electrons. The van der Waals surface area contributed by atoms with Crippen LogP contribution >= 0.6 is 0 Å². The van der Waals surface area contributed by atoms with E-state index < -0.39 is 0 Å². The Labute approximate surface area is 205 Å². The molecule has 0 bridgehead atoms. The Morgan fingerprint density at radius 3 is 2.41 bits per heavy atom. The molecule has 34 heavy (non-hydrogen) atoms. The third-order valence-electron chi connectivity index (χ3n) is 8.93. The van der Waals surface area contributed by atoms with Crippen LogP contribution in [0.3, 0.4) is 0 Å². The Balaban J connectivity index is 1.16. The van der Waals surface area contributed by atoms with Crippen LogP contribution in [0.25, 0.3) is 0 Å². The summed E-state index contributed by atoms with van der Waals surface area (Å²) in [5.74, 6) is 3.04. The van der Waals surface area contributed by atoms with Crippen LogP contribution in [-0.4, -0.2) is 50.2 Å². The third kappa shape index (κ3) is 6.51. The van der Waals surface area contributed by atoms with Gasteiger partial charge in [0.25, 0.3) is 0 Å². The fourth-order valence-electron chi connectivity index (χ4n) is 7.10. The molecule has 0 aromatic heterocycles. The maximum absolute atomic E-state index is 11.1. The molecule has 0 amide bonds. The highest BCUT2D eigenvalue weighted by atomic mass is 17.2. The van der Waals surface area contributed by atoms with Crippen molar-refractivity contribution in [2.45, 2.75) is 94.9 Å². The van der Waals surface area contributed by atoms with E-state index in [2.05, 4.69) is 13.2 Å². The maximum atomic E-state index is 11.1. The van der Waals surface area contributed by atoms with Gasteiger partial charge < -0.3 is 14.2 Å². The van der Waals surface area contributed by atoms with Crippen molar-refractivity contribution in [2.75, 3.05) is 26.4 Å². The lowest BCUT2D eigenvalue weighted by molar-refractivity contribution is -0.338. The molecule has 0 N–H and O–H groups in total. The van der Waals surface area contributed by atoms with Crippen molar-refractivity contribution in [2.24, 2.45) is 23.7 Å². The highest BCUT2D eigenvalue weighted by Crippen LogP contribution is 2.51. The third-order valence-corrected chi connectivity index (χ3v) is 8.93. The maximum Gasteiger partial charge on any atom is 0.330 e. The summed E-state index contributed by atoms with van der Waals surface area (Å²) in [5, 5.41) is 0. The van der Waals surface area contributed by atoms with E-state index in [0.29, 0.717) is 25.9 Å². The molecule has 5 atom stereocenters. The van der Waals surface area contributed by atoms with Crippen molar-refractivity contribution >= 4 is 5.97 Å². The Bertz CT molecular complexity index is 670. The molecular formula is C28H44O6. The van der Waals surface area contributed by atoms with Gasteiger partial charge in [-0.3, -0.25) is 0 Å². The summed E-state index contributed by atoms with van der Waals surface area (Å²) >= 11 is 0. The van der Waals surface area contributed by atoms with E-state index in [1.54, 1.807) is 6.08 Å². The predicted molar refractivity (Wildman–Crippen MR) is 130 cm³/mol. The minimum absolute atomic E-state index is 0.0634. The summed E-state index contributed by atoms with van der Waals surface area (Å²) in [4.78, 5) is 22.1. The highest BCUT2D eigenvalue weighted by Gasteiger charge is 2.49. The van der Waals surface area contributed by atoms with E-state index in [-0.39, 0.29) is 17.7 Å². The molecule has 1 spiro atoms. The Morgan fingerprint density at radius 2 is 1.65 bits per heavy atom. The molecular weight excluding hydrogens is 432 g/mol. The molecule has 4 rings (SSSR count). The van der Waals surface area contributed by atoms with Crippen molar-refractivity contribution in [3.05, 3.63) is 25.3 Å². The highest BCUT2D eigenvalue weighted by molar-refractivity contribution is 5.81. The Kier molecular flexibility index (Phi) is 9.63. The fourth-order valence-corrected chi connectivity index (χ4v) is 7.10. The van der Waals surface area contributed by atoms with Gasteiger partial charge in [-0.05, 0) is 87.9 Å². The Hall–Kier alpha value is -1.21. The standard InChI is InChI=1S/C28H44O6/c1-3-15-33-34-26-12-18-32-28(26)13-10-21(11-14-28)22-6-7-24-20-25(9-8-23(24)19-22)30-16-5-17-31-27(29)4-2/h3-4,21-26H,1-2,5-20H2. The first-order chi connectivity index (χ1) is 16.6. The van der Waals surface area contributed by atoms with Gasteiger partial charge in [0.1, 0.15) is 12.7 Å². The molecule has 4 fully saturated rings. The Morgan fingerprint density at radius 1 is 0.912 bits per heavy atom. The van der Waals surface area contributed by atoms with Crippen LogP contribution in [0.2, 0.25) is 0 Å². The summed E-state index contributed by atoms with van der Waals surface area (Å²) in [7, 11) is 0. The molecule has 0 aromatic rings. The summed E-state index contributed by atoms with van der Waals surface area (Å²) in [6.45, 7) is 9.39. The molecule has 5 unspecified atom stereocenters. The second-order valence-corrected chi connectivity index (χ2v) is 10.8. The molecule has 1 aliphatic heterocycles. The number of hydrogen-bond donors (Lipinski definition) is 0. The number of rotatable bonds is 11. The van der Waals surface area contributed by atoms with Crippen LogP contribution in [0.15, 0.2) is 25.3 Å². The molecule has 0 aromatic carbocycles.